The van der Waals surface area contributed by atoms with Gasteiger partial charge in [-0.15, -0.1) is 0 Å². The summed E-state index contributed by atoms with van der Waals surface area (Å²) in [6.07, 6.45) is 4.84. The van der Waals surface area contributed by atoms with Crippen molar-refractivity contribution < 1.29 is 64.0 Å². The van der Waals surface area contributed by atoms with Crippen LogP contribution in [0.4, 0.5) is 29.7 Å². The number of amides is 4. The van der Waals surface area contributed by atoms with Gasteiger partial charge in [0.2, 0.25) is 11.8 Å². The number of aryl methyl sites for hydroxylation is 1. The van der Waals surface area contributed by atoms with E-state index < -0.39 is 46.4 Å². The number of aromatic nitrogens is 1. The number of halogens is 2. The number of ether oxygens (including phenoxy) is 2. The number of ketones is 1. The fourth-order valence-electron chi connectivity index (χ4n) is 7.01. The van der Waals surface area contributed by atoms with E-state index in [1.54, 1.807) is 35.5 Å². The fourth-order valence-corrected chi connectivity index (χ4v) is 7.01. The molecule has 2 aliphatic carbocycles. The van der Waals surface area contributed by atoms with E-state index in [0.29, 0.717) is 59.3 Å². The van der Waals surface area contributed by atoms with Gasteiger partial charge in [-0.3, -0.25) is 28.7 Å². The maximum atomic E-state index is 15.3. The number of nitrogens with two attached hydrogens (primary N) is 1. The first kappa shape index (κ1) is 45.1. The monoisotopic (exact) mass is 861 g/mol. The highest BCUT2D eigenvalue weighted by Gasteiger charge is 2.37. The van der Waals surface area contributed by atoms with Gasteiger partial charge in [0.25, 0.3) is 0 Å². The Labute approximate surface area is 343 Å². The van der Waals surface area contributed by atoms with Crippen LogP contribution < -0.4 is 26.3 Å². The van der Waals surface area contributed by atoms with E-state index in [2.05, 4.69) is 26.0 Å². The number of rotatable bonds is 8. The van der Waals surface area contributed by atoms with E-state index in [-0.39, 0.29) is 55.2 Å². The number of carbonyl (C=O) groups is 5. The summed E-state index contributed by atoms with van der Waals surface area (Å²) < 4.78 is 75.1. The summed E-state index contributed by atoms with van der Waals surface area (Å²) in [4.78, 5) is 63.5. The highest BCUT2D eigenvalue weighted by atomic mass is 32.3. The third-order valence-corrected chi connectivity index (χ3v) is 9.88. The van der Waals surface area contributed by atoms with Crippen molar-refractivity contribution in [1.82, 2.24) is 20.7 Å². The van der Waals surface area contributed by atoms with E-state index in [9.17, 15) is 32.4 Å². The molecule has 3 heterocycles. The second-order valence-corrected chi connectivity index (χ2v) is 15.4. The molecule has 5 N–H and O–H groups in total. The van der Waals surface area contributed by atoms with Gasteiger partial charge < -0.3 is 29.5 Å². The minimum absolute atomic E-state index is 0.0990. The maximum absolute atomic E-state index is 15.3. The molecule has 4 amide bonds. The number of cyclic esters (lactones) is 2. The minimum atomic E-state index is -4.38. The van der Waals surface area contributed by atoms with Gasteiger partial charge in [0, 0.05) is 67.5 Å². The molecule has 3 aromatic rings. The van der Waals surface area contributed by atoms with Crippen LogP contribution in [-0.2, 0) is 53.0 Å². The summed E-state index contributed by atoms with van der Waals surface area (Å²) in [6.45, 7) is 3.44. The number of nitrogens with zero attached hydrogens (tertiary/aromatic N) is 4. The van der Waals surface area contributed by atoms with Gasteiger partial charge >= 0.3 is 22.6 Å². The Morgan fingerprint density at radius 1 is 0.883 bits per heavy atom. The van der Waals surface area contributed by atoms with Crippen molar-refractivity contribution in [3.05, 3.63) is 76.1 Å². The van der Waals surface area contributed by atoms with Gasteiger partial charge in [-0.1, -0.05) is 5.16 Å². The van der Waals surface area contributed by atoms with Crippen LogP contribution in [0.25, 0.3) is 11.3 Å². The second kappa shape index (κ2) is 19.4. The normalized spacial score (nSPS) is 18.9. The molecule has 4 aliphatic rings. The Kier molecular flexibility index (Phi) is 14.6. The zero-order valence-corrected chi connectivity index (χ0v) is 34.0. The Hall–Kier alpha value is -5.97. The molecule has 2 atom stereocenters. The van der Waals surface area contributed by atoms with Crippen LogP contribution in [0.5, 0.6) is 0 Å². The Bertz CT molecular complexity index is 2280. The van der Waals surface area contributed by atoms with Gasteiger partial charge in [-0.25, -0.2) is 18.4 Å². The van der Waals surface area contributed by atoms with Crippen LogP contribution >= 0.6 is 0 Å². The molecule has 60 heavy (non-hydrogen) atoms. The van der Waals surface area contributed by atoms with Gasteiger partial charge in [-0.05, 0) is 62.8 Å². The average molecular weight is 862 g/mol. The summed E-state index contributed by atoms with van der Waals surface area (Å²) >= 11 is 0. The number of benzene rings is 2. The molecule has 0 spiro atoms. The van der Waals surface area contributed by atoms with Crippen molar-refractivity contribution >= 4 is 51.6 Å². The largest absolute Gasteiger partial charge is 0.442 e. The molecule has 2 aliphatic heterocycles. The van der Waals surface area contributed by atoms with Gasteiger partial charge in [0.15, 0.2) is 23.2 Å². The molecule has 1 aromatic heterocycles. The van der Waals surface area contributed by atoms with Crippen LogP contribution in [0, 0.1) is 11.6 Å². The van der Waals surface area contributed by atoms with E-state index in [1.165, 1.54) is 29.7 Å². The number of nitrogens with one attached hydrogen (secondary N) is 2. The Balaban J connectivity index is 0.000000201. The first-order valence-corrected chi connectivity index (χ1v) is 20.0. The smallest absolute Gasteiger partial charge is 0.414 e. The molecule has 0 bridgehead atoms. The quantitative estimate of drug-likeness (QED) is 0.110. The van der Waals surface area contributed by atoms with Gasteiger partial charge in [0.1, 0.15) is 12.2 Å². The number of fused-ring (bicyclic) bond motifs is 4. The molecule has 0 saturated carbocycles. The molecule has 2 fully saturated rings. The van der Waals surface area contributed by atoms with Crippen LogP contribution in [0.2, 0.25) is 0 Å². The molecule has 0 radical (unpaired) electrons. The first-order chi connectivity index (χ1) is 28.4. The third-order valence-electron chi connectivity index (χ3n) is 9.64. The summed E-state index contributed by atoms with van der Waals surface area (Å²) in [7, 11) is -0.705. The third kappa shape index (κ3) is 11.0. The van der Waals surface area contributed by atoms with Crippen molar-refractivity contribution in [3.8, 4) is 11.3 Å². The van der Waals surface area contributed by atoms with E-state index in [1.807, 2.05) is 14.1 Å². The zero-order valence-electron chi connectivity index (χ0n) is 33.2. The lowest BCUT2D eigenvalue weighted by atomic mass is 9.98. The molecule has 2 saturated heterocycles. The Morgan fingerprint density at radius 3 is 1.85 bits per heavy atom. The molecule has 19 nitrogen and oxygen atoms in total. The topological polar surface area (TPSA) is 253 Å². The molecule has 0 unspecified atom stereocenters. The molecular weight excluding hydrogens is 817 g/mol. The predicted molar refractivity (Wildman–Crippen MR) is 209 cm³/mol. The van der Waals surface area contributed by atoms with Crippen molar-refractivity contribution in [2.24, 2.45) is 5.90 Å². The number of Topliss-reactive ketones (excluding diaryl/α,β-unsaturated/α-hetero) is 1. The second-order valence-electron chi connectivity index (χ2n) is 14.3. The van der Waals surface area contributed by atoms with Gasteiger partial charge in [0.05, 0.1) is 43.8 Å². The predicted octanol–water partition coefficient (Wildman–Crippen LogP) is 3.36. The molecule has 324 valence electrons. The molecule has 7 rings (SSSR count). The molecular formula is C38H45F2N7O12S. The van der Waals surface area contributed by atoms with Crippen molar-refractivity contribution in [1.29, 1.82) is 0 Å². The standard InChI is InChI=1S/C20H24FN3O4.C18H18FN3O4.H3NO4S/c1-12(25)22-9-14-11-24(20(27)28-14)17-8-7-16-15(18(17)21)6-4-5-13(19(16)26)10-23(2)3;1-10(23)20-8-12-9-22(18(24)25-12)15-6-5-14-13(16(15)19)4-2-3-11-7-21-26-17(11)14;1-5-6(2,3)4/h7-8,10,14H,4-6,9,11H2,1-3H3,(H,22,25);5-7,12H,2-4,8-9H2,1H3,(H,20,23);1H2,(H,2,3,4)/b13-10+;;/t14-;12-;/m00./s1. The minimum Gasteiger partial charge on any atom is -0.442 e. The van der Waals surface area contributed by atoms with Crippen LogP contribution in [0.1, 0.15) is 60.2 Å². The zero-order chi connectivity index (χ0) is 43.9. The SMILES string of the molecule is CC(=O)NC[C@H]1CN(c2ccc3c(c2F)CCC/C(=C\N(C)C)C3=O)C(=O)O1.CC(=O)NC[C@H]1CN(c2ccc3c(c2F)CCCc2cnoc2-3)C(=O)O1.NOS(=O)(=O)O. The summed E-state index contributed by atoms with van der Waals surface area (Å²) in [5.41, 5.74) is 3.77. The number of hydrogen-bond acceptors (Lipinski definition) is 14. The van der Waals surface area contributed by atoms with E-state index in [4.69, 9.17) is 18.5 Å². The van der Waals surface area contributed by atoms with E-state index >= 15 is 8.78 Å². The van der Waals surface area contributed by atoms with Crippen molar-refractivity contribution in [2.75, 3.05) is 50.1 Å². The lowest BCUT2D eigenvalue weighted by Gasteiger charge is -2.17. The van der Waals surface area contributed by atoms with Crippen molar-refractivity contribution in [2.45, 2.75) is 64.6 Å². The summed E-state index contributed by atoms with van der Waals surface area (Å²) in [5.74, 6) is 2.94. The highest BCUT2D eigenvalue weighted by molar-refractivity contribution is 7.80. The fraction of sp³-hybridized carbons (Fsp3) is 0.421. The highest BCUT2D eigenvalue weighted by Crippen LogP contribution is 2.38. The number of carbonyl (C=O) groups excluding carboxylic acids is 5. The van der Waals surface area contributed by atoms with Crippen molar-refractivity contribution in [3.63, 3.8) is 0 Å². The lowest BCUT2D eigenvalue weighted by molar-refractivity contribution is -0.120. The molecule has 22 heteroatoms. The van der Waals surface area contributed by atoms with Gasteiger partial charge in [-0.2, -0.15) is 18.6 Å². The maximum Gasteiger partial charge on any atom is 0.414 e. The Morgan fingerprint density at radius 2 is 1.37 bits per heavy atom. The number of anilines is 2. The van der Waals surface area contributed by atoms with Crippen LogP contribution in [-0.4, -0.2) is 105 Å². The number of allylic oxidation sites excluding steroid dienone is 1. The summed E-state index contributed by atoms with van der Waals surface area (Å²) in [6, 6.07) is 6.36. The lowest BCUT2D eigenvalue weighted by Crippen LogP contribution is -2.33. The first-order valence-electron chi connectivity index (χ1n) is 18.7. The number of hydrogen-bond donors (Lipinski definition) is 4. The van der Waals surface area contributed by atoms with Crippen LogP contribution in [0.15, 0.2) is 46.8 Å². The van der Waals surface area contributed by atoms with E-state index in [0.717, 1.165) is 18.4 Å². The average Bonchev–Trinajstić information content (AvgIpc) is 3.85. The summed E-state index contributed by atoms with van der Waals surface area (Å²) in [5, 5.41) is 9.01. The van der Waals surface area contributed by atoms with Crippen LogP contribution in [0.3, 0.4) is 0 Å². The molecule has 2 aromatic carbocycles.